The highest BCUT2D eigenvalue weighted by atomic mass is 32.1. The van der Waals surface area contributed by atoms with E-state index >= 15 is 0 Å². The first-order chi connectivity index (χ1) is 7.99. The molecule has 0 aliphatic carbocycles. The van der Waals surface area contributed by atoms with Crippen molar-refractivity contribution in [1.29, 1.82) is 0 Å². The van der Waals surface area contributed by atoms with Gasteiger partial charge in [-0.25, -0.2) is 0 Å². The van der Waals surface area contributed by atoms with Crippen molar-refractivity contribution in [1.82, 2.24) is 0 Å². The number of aliphatic hydroxyl groups is 2. The van der Waals surface area contributed by atoms with Gasteiger partial charge in [-0.2, -0.15) is 26.3 Å². The molecule has 2 N–H and O–H groups in total. The zero-order valence-electron chi connectivity index (χ0n) is 8.59. The van der Waals surface area contributed by atoms with Crippen LogP contribution in [0.1, 0.15) is 17.4 Å². The fraction of sp³-hybridized carbons (Fsp3) is 0.556. The average molecular weight is 294 g/mol. The van der Waals surface area contributed by atoms with Gasteiger partial charge < -0.3 is 10.2 Å². The van der Waals surface area contributed by atoms with Gasteiger partial charge in [-0.15, -0.1) is 11.3 Å². The van der Waals surface area contributed by atoms with E-state index in [1.54, 1.807) is 0 Å². The minimum absolute atomic E-state index is 0.0816. The predicted molar refractivity (Wildman–Crippen MR) is 51.0 cm³/mol. The van der Waals surface area contributed by atoms with Crippen LogP contribution in [-0.2, 0) is 0 Å². The molecule has 0 bridgehead atoms. The first-order valence-electron chi connectivity index (χ1n) is 4.56. The van der Waals surface area contributed by atoms with Crippen LogP contribution < -0.4 is 0 Å². The molecule has 0 spiro atoms. The van der Waals surface area contributed by atoms with Crippen LogP contribution >= 0.6 is 11.3 Å². The molecule has 0 aromatic carbocycles. The van der Waals surface area contributed by atoms with Gasteiger partial charge in [0, 0.05) is 11.3 Å². The van der Waals surface area contributed by atoms with E-state index in [2.05, 4.69) is 0 Å². The minimum Gasteiger partial charge on any atom is -0.387 e. The molecule has 18 heavy (non-hydrogen) atoms. The molecule has 0 unspecified atom stereocenters. The fourth-order valence-electron chi connectivity index (χ4n) is 1.25. The second kappa shape index (κ2) is 4.71. The molecule has 2 nitrogen and oxygen atoms in total. The van der Waals surface area contributed by atoms with E-state index in [0.717, 1.165) is 11.3 Å². The van der Waals surface area contributed by atoms with Crippen molar-refractivity contribution in [2.24, 2.45) is 0 Å². The standard InChI is InChI=1S/C9H8F6O2S/c10-8(11,12)7(17,9(13,14)15)4-5(16)6-2-1-3-18-6/h1-3,5,16-17H,4H2/t5-/m0/s1. The van der Waals surface area contributed by atoms with E-state index in [4.69, 9.17) is 5.11 Å². The summed E-state index contributed by atoms with van der Waals surface area (Å²) in [5.74, 6) is 0. The molecule has 104 valence electrons. The number of thiophene rings is 1. The smallest absolute Gasteiger partial charge is 0.387 e. The third-order valence-corrected chi connectivity index (χ3v) is 3.27. The normalized spacial score (nSPS) is 15.8. The summed E-state index contributed by atoms with van der Waals surface area (Å²) < 4.78 is 73.9. The van der Waals surface area contributed by atoms with Gasteiger partial charge in [0.25, 0.3) is 5.60 Å². The molecule has 0 amide bonds. The first kappa shape index (κ1) is 15.3. The second-order valence-electron chi connectivity index (χ2n) is 3.59. The van der Waals surface area contributed by atoms with Gasteiger partial charge in [-0.1, -0.05) is 6.07 Å². The van der Waals surface area contributed by atoms with Gasteiger partial charge in [0.2, 0.25) is 0 Å². The van der Waals surface area contributed by atoms with E-state index in [-0.39, 0.29) is 4.88 Å². The molecule has 0 radical (unpaired) electrons. The third-order valence-electron chi connectivity index (χ3n) is 2.30. The Morgan fingerprint density at radius 2 is 1.61 bits per heavy atom. The quantitative estimate of drug-likeness (QED) is 0.841. The molecule has 0 aliphatic rings. The highest BCUT2D eigenvalue weighted by molar-refractivity contribution is 7.10. The van der Waals surface area contributed by atoms with Crippen molar-refractivity contribution in [2.45, 2.75) is 30.5 Å². The molecule has 0 saturated carbocycles. The molecule has 1 aromatic rings. The Bertz CT molecular complexity index is 369. The van der Waals surface area contributed by atoms with Gasteiger partial charge in [0.15, 0.2) is 0 Å². The second-order valence-corrected chi connectivity index (χ2v) is 4.57. The van der Waals surface area contributed by atoms with E-state index in [0.29, 0.717) is 0 Å². The van der Waals surface area contributed by atoms with Gasteiger partial charge in [-0.05, 0) is 11.4 Å². The van der Waals surface area contributed by atoms with Crippen LogP contribution in [0.15, 0.2) is 17.5 Å². The minimum atomic E-state index is -5.91. The first-order valence-corrected chi connectivity index (χ1v) is 5.44. The van der Waals surface area contributed by atoms with Crippen molar-refractivity contribution in [2.75, 3.05) is 0 Å². The lowest BCUT2D eigenvalue weighted by Crippen LogP contribution is -2.57. The Labute approximate surface area is 101 Å². The molecule has 1 rings (SSSR count). The molecule has 0 saturated heterocycles. The summed E-state index contributed by atoms with van der Waals surface area (Å²) in [6, 6.07) is 2.55. The Kier molecular flexibility index (Phi) is 3.99. The topological polar surface area (TPSA) is 40.5 Å². The predicted octanol–water partition coefficient (Wildman–Crippen LogP) is 3.03. The number of alkyl halides is 6. The van der Waals surface area contributed by atoms with Crippen LogP contribution in [0.25, 0.3) is 0 Å². The molecule has 9 heteroatoms. The van der Waals surface area contributed by atoms with Crippen molar-refractivity contribution < 1.29 is 36.6 Å². The summed E-state index contributed by atoms with van der Waals surface area (Å²) in [6.07, 6.45) is -15.8. The summed E-state index contributed by atoms with van der Waals surface area (Å²) in [5, 5.41) is 19.6. The zero-order chi connectivity index (χ0) is 14.2. The van der Waals surface area contributed by atoms with Crippen molar-refractivity contribution in [3.8, 4) is 0 Å². The van der Waals surface area contributed by atoms with Crippen LogP contribution in [0.4, 0.5) is 26.3 Å². The molecule has 1 atom stereocenters. The van der Waals surface area contributed by atoms with E-state index in [1.807, 2.05) is 0 Å². The van der Waals surface area contributed by atoms with Gasteiger partial charge in [-0.3, -0.25) is 0 Å². The maximum Gasteiger partial charge on any atom is 0.426 e. The Hall–Kier alpha value is -0.800. The van der Waals surface area contributed by atoms with Crippen LogP contribution in [0.5, 0.6) is 0 Å². The molecular formula is C9H8F6O2S. The molecule has 0 aliphatic heterocycles. The lowest BCUT2D eigenvalue weighted by atomic mass is 9.94. The van der Waals surface area contributed by atoms with E-state index in [9.17, 15) is 31.4 Å². The molecule has 1 aromatic heterocycles. The van der Waals surface area contributed by atoms with E-state index < -0.39 is 30.5 Å². The van der Waals surface area contributed by atoms with Crippen LogP contribution in [-0.4, -0.2) is 28.2 Å². The highest BCUT2D eigenvalue weighted by Crippen LogP contribution is 2.47. The van der Waals surface area contributed by atoms with Crippen LogP contribution in [0.3, 0.4) is 0 Å². The Balaban J connectivity index is 3.01. The third kappa shape index (κ3) is 2.78. The maximum atomic E-state index is 12.3. The lowest BCUT2D eigenvalue weighted by molar-refractivity contribution is -0.374. The zero-order valence-corrected chi connectivity index (χ0v) is 9.40. The monoisotopic (exact) mass is 294 g/mol. The highest BCUT2D eigenvalue weighted by Gasteiger charge is 2.70. The van der Waals surface area contributed by atoms with Crippen molar-refractivity contribution >= 4 is 11.3 Å². The fourth-order valence-corrected chi connectivity index (χ4v) is 1.97. The lowest BCUT2D eigenvalue weighted by Gasteiger charge is -2.33. The number of hydrogen-bond acceptors (Lipinski definition) is 3. The SMILES string of the molecule is O[C@@H](CC(O)(C(F)(F)F)C(F)(F)F)c1cccs1. The summed E-state index contributed by atoms with van der Waals surface area (Å²) >= 11 is 0.797. The van der Waals surface area contributed by atoms with E-state index in [1.165, 1.54) is 17.5 Å². The summed E-state index contributed by atoms with van der Waals surface area (Å²) in [6.45, 7) is 0. The van der Waals surface area contributed by atoms with Gasteiger partial charge in [0.05, 0.1) is 6.10 Å². The maximum absolute atomic E-state index is 12.3. The number of hydrogen-bond donors (Lipinski definition) is 2. The molecule has 1 heterocycles. The summed E-state index contributed by atoms with van der Waals surface area (Å²) in [5.41, 5.74) is -4.93. The number of halogens is 6. The van der Waals surface area contributed by atoms with Crippen LogP contribution in [0, 0.1) is 0 Å². The number of aliphatic hydroxyl groups excluding tert-OH is 1. The largest absolute Gasteiger partial charge is 0.426 e. The average Bonchev–Trinajstić information content (AvgIpc) is 2.66. The van der Waals surface area contributed by atoms with Crippen LogP contribution in [0.2, 0.25) is 0 Å². The summed E-state index contributed by atoms with van der Waals surface area (Å²) in [7, 11) is 0. The van der Waals surface area contributed by atoms with Gasteiger partial charge in [0.1, 0.15) is 0 Å². The van der Waals surface area contributed by atoms with Crippen molar-refractivity contribution in [3.05, 3.63) is 22.4 Å². The Morgan fingerprint density at radius 3 is 1.94 bits per heavy atom. The Morgan fingerprint density at radius 1 is 1.11 bits per heavy atom. The molecular weight excluding hydrogens is 286 g/mol. The van der Waals surface area contributed by atoms with Gasteiger partial charge >= 0.3 is 12.4 Å². The molecule has 0 fully saturated rings. The summed E-state index contributed by atoms with van der Waals surface area (Å²) in [4.78, 5) is -0.0816. The number of rotatable bonds is 3. The van der Waals surface area contributed by atoms with Crippen molar-refractivity contribution in [3.63, 3.8) is 0 Å².